The zero-order valence-electron chi connectivity index (χ0n) is 13.6. The van der Waals surface area contributed by atoms with Crippen molar-refractivity contribution in [2.24, 2.45) is 0 Å². The molecule has 0 radical (unpaired) electrons. The van der Waals surface area contributed by atoms with Gasteiger partial charge in [0.15, 0.2) is 0 Å². The summed E-state index contributed by atoms with van der Waals surface area (Å²) in [6.45, 7) is 16.3. The second-order valence-electron chi connectivity index (χ2n) is 6.70. The first kappa shape index (κ1) is 17.7. The highest BCUT2D eigenvalue weighted by Gasteiger charge is 2.52. The van der Waals surface area contributed by atoms with Gasteiger partial charge in [0.05, 0.1) is 6.04 Å². The highest BCUT2D eigenvalue weighted by atomic mass is 16.6. The molecule has 0 aromatic carbocycles. The first-order valence-corrected chi connectivity index (χ1v) is 7.15. The van der Waals surface area contributed by atoms with Crippen molar-refractivity contribution >= 4 is 6.09 Å². The average Bonchev–Trinajstić information content (AvgIpc) is 2.58. The van der Waals surface area contributed by atoms with Crippen molar-refractivity contribution in [1.29, 1.82) is 0 Å². The summed E-state index contributed by atoms with van der Waals surface area (Å²) < 4.78 is 11.3. The van der Waals surface area contributed by atoms with E-state index in [2.05, 4.69) is 13.2 Å². The van der Waals surface area contributed by atoms with Gasteiger partial charge >= 0.3 is 6.09 Å². The average molecular weight is 297 g/mol. The Morgan fingerprint density at radius 2 is 2.05 bits per heavy atom. The van der Waals surface area contributed by atoms with Crippen molar-refractivity contribution in [2.45, 2.75) is 70.6 Å². The van der Waals surface area contributed by atoms with Crippen LogP contribution in [0.3, 0.4) is 0 Å². The van der Waals surface area contributed by atoms with Gasteiger partial charge in [-0.05, 0) is 41.0 Å². The maximum Gasteiger partial charge on any atom is 0.412 e. The molecule has 5 nitrogen and oxygen atoms in total. The third kappa shape index (κ3) is 4.08. The summed E-state index contributed by atoms with van der Waals surface area (Å²) in [5.74, 6) is 0. The van der Waals surface area contributed by atoms with Crippen LogP contribution < -0.4 is 0 Å². The van der Waals surface area contributed by atoms with Crippen LogP contribution in [0.25, 0.3) is 0 Å². The van der Waals surface area contributed by atoms with Crippen LogP contribution in [0.15, 0.2) is 25.3 Å². The Morgan fingerprint density at radius 3 is 2.48 bits per heavy atom. The minimum Gasteiger partial charge on any atom is -0.444 e. The topological polar surface area (TPSA) is 59.0 Å². The van der Waals surface area contributed by atoms with Crippen LogP contribution >= 0.6 is 0 Å². The third-order valence-corrected chi connectivity index (χ3v) is 3.29. The van der Waals surface area contributed by atoms with Gasteiger partial charge in [-0.25, -0.2) is 4.79 Å². The summed E-state index contributed by atoms with van der Waals surface area (Å²) in [5.41, 5.74) is -1.47. The first-order valence-electron chi connectivity index (χ1n) is 7.15. The molecule has 0 saturated carbocycles. The van der Waals surface area contributed by atoms with Gasteiger partial charge < -0.3 is 14.6 Å². The van der Waals surface area contributed by atoms with E-state index in [0.29, 0.717) is 6.42 Å². The molecule has 1 heterocycles. The number of aliphatic hydroxyl groups is 1. The third-order valence-electron chi connectivity index (χ3n) is 3.29. The molecule has 1 amide bonds. The predicted molar refractivity (Wildman–Crippen MR) is 81.8 cm³/mol. The highest BCUT2D eigenvalue weighted by molar-refractivity contribution is 5.70. The minimum atomic E-state index is -0.870. The smallest absolute Gasteiger partial charge is 0.412 e. The molecule has 0 unspecified atom stereocenters. The number of ether oxygens (including phenoxy) is 2. The Hall–Kier alpha value is -1.33. The Morgan fingerprint density at radius 1 is 1.48 bits per heavy atom. The number of nitrogens with zero attached hydrogens (tertiary/aromatic N) is 1. The summed E-state index contributed by atoms with van der Waals surface area (Å²) in [7, 11) is 0. The Balaban J connectivity index is 3.09. The molecule has 3 atom stereocenters. The fourth-order valence-electron chi connectivity index (χ4n) is 2.52. The second kappa shape index (κ2) is 6.20. The Labute approximate surface area is 127 Å². The monoisotopic (exact) mass is 297 g/mol. The Kier molecular flexibility index (Phi) is 5.23. The van der Waals surface area contributed by atoms with E-state index in [9.17, 15) is 9.90 Å². The van der Waals surface area contributed by atoms with Crippen molar-refractivity contribution in [3.63, 3.8) is 0 Å². The van der Waals surface area contributed by atoms with Gasteiger partial charge in [-0.2, -0.15) is 0 Å². The number of carbonyl (C=O) groups excluding carboxylic acids is 1. The van der Waals surface area contributed by atoms with Gasteiger partial charge in [0.25, 0.3) is 0 Å². The van der Waals surface area contributed by atoms with E-state index in [1.165, 1.54) is 11.0 Å². The van der Waals surface area contributed by atoms with Crippen LogP contribution in [0.1, 0.15) is 41.0 Å². The lowest BCUT2D eigenvalue weighted by atomic mass is 10.0. The van der Waals surface area contributed by atoms with Crippen molar-refractivity contribution in [3.05, 3.63) is 25.3 Å². The molecule has 1 N–H and O–H groups in total. The molecular weight excluding hydrogens is 270 g/mol. The van der Waals surface area contributed by atoms with E-state index < -0.39 is 29.6 Å². The molecular formula is C16H27NO4. The maximum absolute atomic E-state index is 12.5. The first-order chi connectivity index (χ1) is 9.53. The zero-order valence-corrected chi connectivity index (χ0v) is 13.6. The molecule has 120 valence electrons. The molecule has 1 aliphatic heterocycles. The molecule has 1 saturated heterocycles. The number of hydrogen-bond donors (Lipinski definition) is 1. The lowest BCUT2D eigenvalue weighted by molar-refractivity contribution is -0.0958. The summed E-state index contributed by atoms with van der Waals surface area (Å²) in [6, 6.07) is -0.347. The van der Waals surface area contributed by atoms with Crippen LogP contribution in [0, 0.1) is 0 Å². The molecule has 1 aliphatic rings. The summed E-state index contributed by atoms with van der Waals surface area (Å²) >= 11 is 0. The van der Waals surface area contributed by atoms with E-state index in [1.54, 1.807) is 19.9 Å². The predicted octanol–water partition coefficient (Wildman–Crippen LogP) is 2.85. The van der Waals surface area contributed by atoms with Gasteiger partial charge in [-0.3, -0.25) is 4.90 Å². The van der Waals surface area contributed by atoms with E-state index in [-0.39, 0.29) is 6.04 Å². The van der Waals surface area contributed by atoms with Crippen LogP contribution in [0.2, 0.25) is 0 Å². The highest BCUT2D eigenvalue weighted by Crippen LogP contribution is 2.36. The van der Waals surface area contributed by atoms with Gasteiger partial charge in [0.1, 0.15) is 23.5 Å². The quantitative estimate of drug-likeness (QED) is 0.811. The van der Waals surface area contributed by atoms with Crippen molar-refractivity contribution in [3.8, 4) is 0 Å². The molecule has 5 heteroatoms. The van der Waals surface area contributed by atoms with Crippen molar-refractivity contribution in [1.82, 2.24) is 4.90 Å². The van der Waals surface area contributed by atoms with Crippen molar-refractivity contribution < 1.29 is 19.4 Å². The minimum absolute atomic E-state index is 0.347. The van der Waals surface area contributed by atoms with Gasteiger partial charge in [0, 0.05) is 0 Å². The summed E-state index contributed by atoms with van der Waals surface area (Å²) in [4.78, 5) is 14.0. The maximum atomic E-state index is 12.5. The molecule has 1 rings (SSSR count). The molecule has 21 heavy (non-hydrogen) atoms. The number of carbonyl (C=O) groups is 1. The largest absolute Gasteiger partial charge is 0.444 e. The lowest BCUT2D eigenvalue weighted by Crippen LogP contribution is -2.50. The Bertz CT molecular complexity index is 411. The number of hydrogen-bond acceptors (Lipinski definition) is 4. The fourth-order valence-corrected chi connectivity index (χ4v) is 2.52. The number of rotatable bonds is 4. The zero-order chi connectivity index (χ0) is 16.4. The summed E-state index contributed by atoms with van der Waals surface area (Å²) in [5, 5.41) is 10.1. The fraction of sp³-hybridized carbons (Fsp3) is 0.688. The van der Waals surface area contributed by atoms with E-state index in [0.717, 1.165) is 0 Å². The molecule has 0 aromatic rings. The van der Waals surface area contributed by atoms with Crippen LogP contribution in [-0.2, 0) is 9.47 Å². The standard InChI is InChI=1S/C16H27NO4/c1-8-10-11-13(12(18)9-2)20-16(6,7)17(11)14(19)21-15(3,4)5/h8-9,11-13,18H,1-2,10H2,3-7H3/t11-,12-,13-/m1/s1. The number of aliphatic hydroxyl groups excluding tert-OH is 1. The van der Waals surface area contributed by atoms with Crippen molar-refractivity contribution in [2.75, 3.05) is 0 Å². The van der Waals surface area contributed by atoms with E-state index in [4.69, 9.17) is 9.47 Å². The molecule has 0 spiro atoms. The van der Waals surface area contributed by atoms with Crippen LogP contribution in [-0.4, -0.2) is 45.7 Å². The molecule has 0 aromatic heterocycles. The summed E-state index contributed by atoms with van der Waals surface area (Å²) in [6.07, 6.45) is 1.74. The molecule has 0 bridgehead atoms. The lowest BCUT2D eigenvalue weighted by Gasteiger charge is -2.35. The van der Waals surface area contributed by atoms with E-state index in [1.807, 2.05) is 20.8 Å². The van der Waals surface area contributed by atoms with Gasteiger partial charge in [-0.15, -0.1) is 13.2 Å². The molecule has 0 aliphatic carbocycles. The molecule has 1 fully saturated rings. The van der Waals surface area contributed by atoms with Gasteiger partial charge in [-0.1, -0.05) is 12.2 Å². The number of amides is 1. The van der Waals surface area contributed by atoms with E-state index >= 15 is 0 Å². The van der Waals surface area contributed by atoms with Crippen LogP contribution in [0.4, 0.5) is 4.79 Å². The second-order valence-corrected chi connectivity index (χ2v) is 6.70. The normalized spacial score (nSPS) is 26.3. The van der Waals surface area contributed by atoms with Crippen LogP contribution in [0.5, 0.6) is 0 Å². The SMILES string of the molecule is C=CC[C@@H]1[C@H]([C@H](O)C=C)OC(C)(C)N1C(=O)OC(C)(C)C. The van der Waals surface area contributed by atoms with Gasteiger partial charge in [0.2, 0.25) is 0 Å².